The molecule has 1 N–H and O–H groups in total. The predicted molar refractivity (Wildman–Crippen MR) is 86.2 cm³/mol. The molecule has 0 atom stereocenters. The molecule has 114 valence electrons. The summed E-state index contributed by atoms with van der Waals surface area (Å²) in [6.07, 6.45) is 1.61. The summed E-state index contributed by atoms with van der Waals surface area (Å²) in [4.78, 5) is 25.0. The molecular weight excluding hydrogens is 264 g/mol. The molecule has 1 rings (SSSR count). The van der Waals surface area contributed by atoms with E-state index < -0.39 is 0 Å². The lowest BCUT2D eigenvalue weighted by atomic mass is 9.86. The average molecular weight is 288 g/mol. The van der Waals surface area contributed by atoms with E-state index in [0.717, 1.165) is 11.3 Å². The Morgan fingerprint density at radius 1 is 1.29 bits per heavy atom. The maximum atomic E-state index is 12.1. The number of hydrogen-bond donors (Lipinski definition) is 1. The lowest BCUT2D eigenvalue weighted by molar-refractivity contribution is -0.132. The maximum absolute atomic E-state index is 12.1. The molecule has 0 spiro atoms. The summed E-state index contributed by atoms with van der Waals surface area (Å²) in [6, 6.07) is 7.72. The van der Waals surface area contributed by atoms with Gasteiger partial charge in [-0.15, -0.1) is 6.58 Å². The number of hydrogen-bond acceptors (Lipinski definition) is 2. The van der Waals surface area contributed by atoms with Crippen molar-refractivity contribution in [3.8, 4) is 0 Å². The second-order valence-corrected chi connectivity index (χ2v) is 6.03. The molecule has 0 heterocycles. The monoisotopic (exact) mass is 288 g/mol. The van der Waals surface area contributed by atoms with Crippen LogP contribution in [0.25, 0.3) is 0 Å². The van der Waals surface area contributed by atoms with Crippen LogP contribution >= 0.6 is 0 Å². The van der Waals surface area contributed by atoms with Gasteiger partial charge in [0.05, 0.1) is 0 Å². The first-order valence-electron chi connectivity index (χ1n) is 7.01. The minimum atomic E-state index is -0.205. The molecule has 4 nitrogen and oxygen atoms in total. The summed E-state index contributed by atoms with van der Waals surface area (Å²) in [6.45, 7) is 11.7. The summed E-state index contributed by atoms with van der Waals surface area (Å²) in [7, 11) is 0. The van der Waals surface area contributed by atoms with Gasteiger partial charge in [-0.3, -0.25) is 9.59 Å². The summed E-state index contributed by atoms with van der Waals surface area (Å²) in [5.74, 6) is -0.349. The Kier molecular flexibility index (Phi) is 5.70. The fourth-order valence-electron chi connectivity index (χ4n) is 2.07. The van der Waals surface area contributed by atoms with Gasteiger partial charge in [-0.2, -0.15) is 0 Å². The van der Waals surface area contributed by atoms with Crippen LogP contribution in [0.3, 0.4) is 0 Å². The molecule has 0 fully saturated rings. The number of para-hydroxylation sites is 1. The van der Waals surface area contributed by atoms with Crippen molar-refractivity contribution < 1.29 is 9.59 Å². The molecule has 0 aliphatic rings. The van der Waals surface area contributed by atoms with Crippen molar-refractivity contribution >= 4 is 17.5 Å². The summed E-state index contributed by atoms with van der Waals surface area (Å²) < 4.78 is 0. The van der Waals surface area contributed by atoms with Gasteiger partial charge in [-0.05, 0) is 17.0 Å². The van der Waals surface area contributed by atoms with Gasteiger partial charge in [0.2, 0.25) is 11.8 Å². The molecule has 0 aliphatic heterocycles. The molecule has 2 amide bonds. The Morgan fingerprint density at radius 3 is 2.43 bits per heavy atom. The largest absolute Gasteiger partial charge is 0.330 e. The van der Waals surface area contributed by atoms with Gasteiger partial charge in [0.15, 0.2) is 0 Å². The number of benzene rings is 1. The average Bonchev–Trinajstić information content (AvgIpc) is 2.37. The van der Waals surface area contributed by atoms with E-state index in [0.29, 0.717) is 6.54 Å². The van der Waals surface area contributed by atoms with Gasteiger partial charge in [0.1, 0.15) is 6.54 Å². The molecule has 0 radical (unpaired) electrons. The van der Waals surface area contributed by atoms with Gasteiger partial charge in [-0.25, -0.2) is 0 Å². The fraction of sp³-hybridized carbons (Fsp3) is 0.412. The quantitative estimate of drug-likeness (QED) is 0.847. The molecule has 0 unspecified atom stereocenters. The molecule has 4 heteroatoms. The SMILES string of the molecule is C=CCN(CC(=O)Nc1ccccc1C(C)(C)C)C(C)=O. The Hall–Kier alpha value is -2.10. The zero-order chi connectivity index (χ0) is 16.0. The van der Waals surface area contributed by atoms with Crippen LogP contribution < -0.4 is 5.32 Å². The first kappa shape index (κ1) is 17.0. The second kappa shape index (κ2) is 7.07. The molecule has 0 aromatic heterocycles. The van der Waals surface area contributed by atoms with Crippen LogP contribution in [0, 0.1) is 0 Å². The van der Waals surface area contributed by atoms with Crippen molar-refractivity contribution in [2.45, 2.75) is 33.1 Å². The zero-order valence-electron chi connectivity index (χ0n) is 13.3. The third kappa shape index (κ3) is 5.06. The van der Waals surface area contributed by atoms with Gasteiger partial charge in [0.25, 0.3) is 0 Å². The van der Waals surface area contributed by atoms with Gasteiger partial charge in [0, 0.05) is 19.2 Å². The summed E-state index contributed by atoms with van der Waals surface area (Å²) in [5, 5.41) is 2.89. The van der Waals surface area contributed by atoms with Gasteiger partial charge < -0.3 is 10.2 Å². The Balaban J connectivity index is 2.84. The van der Waals surface area contributed by atoms with E-state index >= 15 is 0 Å². The second-order valence-electron chi connectivity index (χ2n) is 6.03. The van der Waals surface area contributed by atoms with E-state index in [4.69, 9.17) is 0 Å². The maximum Gasteiger partial charge on any atom is 0.244 e. The summed E-state index contributed by atoms with van der Waals surface area (Å²) in [5.41, 5.74) is 1.79. The normalized spacial score (nSPS) is 10.9. The van der Waals surface area contributed by atoms with Crippen LogP contribution in [-0.2, 0) is 15.0 Å². The summed E-state index contributed by atoms with van der Waals surface area (Å²) >= 11 is 0. The zero-order valence-corrected chi connectivity index (χ0v) is 13.3. The Bertz CT molecular complexity index is 530. The fourth-order valence-corrected chi connectivity index (χ4v) is 2.07. The number of carbonyl (C=O) groups excluding carboxylic acids is 2. The van der Waals surface area contributed by atoms with Crippen molar-refractivity contribution in [2.24, 2.45) is 0 Å². The lowest BCUT2D eigenvalue weighted by Gasteiger charge is -2.24. The molecule has 0 saturated carbocycles. The first-order chi connectivity index (χ1) is 9.75. The Labute approximate surface area is 126 Å². The number of nitrogens with one attached hydrogen (secondary N) is 1. The van der Waals surface area contributed by atoms with E-state index in [2.05, 4.69) is 32.7 Å². The standard InChI is InChI=1S/C17H24N2O2/c1-6-11-19(13(2)20)12-16(21)18-15-10-8-7-9-14(15)17(3,4)5/h6-10H,1,11-12H2,2-5H3,(H,18,21). The van der Waals surface area contributed by atoms with Crippen molar-refractivity contribution in [2.75, 3.05) is 18.4 Å². The third-order valence-electron chi connectivity index (χ3n) is 3.14. The minimum absolute atomic E-state index is 0.0276. The molecule has 1 aromatic carbocycles. The predicted octanol–water partition coefficient (Wildman–Crippen LogP) is 2.96. The number of carbonyl (C=O) groups is 2. The number of anilines is 1. The van der Waals surface area contributed by atoms with Crippen molar-refractivity contribution in [1.29, 1.82) is 0 Å². The molecular formula is C17H24N2O2. The highest BCUT2D eigenvalue weighted by molar-refractivity contribution is 5.95. The molecule has 21 heavy (non-hydrogen) atoms. The molecule has 0 aliphatic carbocycles. The van der Waals surface area contributed by atoms with Crippen molar-refractivity contribution in [3.05, 3.63) is 42.5 Å². The van der Waals surface area contributed by atoms with Gasteiger partial charge in [-0.1, -0.05) is 45.0 Å². The van der Waals surface area contributed by atoms with Crippen molar-refractivity contribution in [1.82, 2.24) is 4.90 Å². The van der Waals surface area contributed by atoms with Crippen LogP contribution in [0.1, 0.15) is 33.3 Å². The van der Waals surface area contributed by atoms with Crippen LogP contribution in [0.2, 0.25) is 0 Å². The minimum Gasteiger partial charge on any atom is -0.330 e. The highest BCUT2D eigenvalue weighted by Gasteiger charge is 2.19. The van der Waals surface area contributed by atoms with E-state index in [-0.39, 0.29) is 23.8 Å². The lowest BCUT2D eigenvalue weighted by Crippen LogP contribution is -2.37. The van der Waals surface area contributed by atoms with E-state index in [9.17, 15) is 9.59 Å². The highest BCUT2D eigenvalue weighted by atomic mass is 16.2. The highest BCUT2D eigenvalue weighted by Crippen LogP contribution is 2.29. The van der Waals surface area contributed by atoms with Crippen LogP contribution in [0.4, 0.5) is 5.69 Å². The third-order valence-corrected chi connectivity index (χ3v) is 3.14. The number of nitrogens with zero attached hydrogens (tertiary/aromatic N) is 1. The van der Waals surface area contributed by atoms with E-state index in [1.807, 2.05) is 24.3 Å². The van der Waals surface area contributed by atoms with Crippen LogP contribution in [0.15, 0.2) is 36.9 Å². The van der Waals surface area contributed by atoms with Gasteiger partial charge >= 0.3 is 0 Å². The first-order valence-corrected chi connectivity index (χ1v) is 7.01. The van der Waals surface area contributed by atoms with E-state index in [1.54, 1.807) is 6.08 Å². The van der Waals surface area contributed by atoms with Crippen LogP contribution in [-0.4, -0.2) is 29.8 Å². The van der Waals surface area contributed by atoms with Crippen LogP contribution in [0.5, 0.6) is 0 Å². The molecule has 0 bridgehead atoms. The number of amides is 2. The van der Waals surface area contributed by atoms with Crippen molar-refractivity contribution in [3.63, 3.8) is 0 Å². The van der Waals surface area contributed by atoms with E-state index in [1.165, 1.54) is 11.8 Å². The topological polar surface area (TPSA) is 49.4 Å². The molecule has 0 saturated heterocycles. The number of rotatable bonds is 5. The smallest absolute Gasteiger partial charge is 0.244 e. The molecule has 1 aromatic rings. The Morgan fingerprint density at radius 2 is 1.90 bits per heavy atom.